The number of fused-ring (bicyclic) bond motifs is 1. The van der Waals surface area contributed by atoms with E-state index in [4.69, 9.17) is 11.6 Å². The molecule has 0 saturated heterocycles. The highest BCUT2D eigenvalue weighted by molar-refractivity contribution is 6.31. The molecule has 0 atom stereocenters. The SMILES string of the molecule is CC.CCN(CC)Cc1ccc(Nc2ccnc3cc(Cl)ccc23)cc1O. The summed E-state index contributed by atoms with van der Waals surface area (Å²) in [5.74, 6) is 0.304. The van der Waals surface area contributed by atoms with Crippen molar-refractivity contribution in [2.24, 2.45) is 0 Å². The van der Waals surface area contributed by atoms with Gasteiger partial charge in [0, 0.05) is 46.2 Å². The van der Waals surface area contributed by atoms with Gasteiger partial charge in [0.05, 0.1) is 5.52 Å². The second-order valence-corrected chi connectivity index (χ2v) is 6.39. The Morgan fingerprint density at radius 1 is 1.04 bits per heavy atom. The molecule has 1 aromatic heterocycles. The number of benzene rings is 2. The van der Waals surface area contributed by atoms with Crippen molar-refractivity contribution in [1.29, 1.82) is 0 Å². The van der Waals surface area contributed by atoms with Gasteiger partial charge in [-0.15, -0.1) is 0 Å². The fraction of sp³-hybridized carbons (Fsp3) is 0.318. The second-order valence-electron chi connectivity index (χ2n) is 5.95. The van der Waals surface area contributed by atoms with Gasteiger partial charge in [-0.2, -0.15) is 0 Å². The largest absolute Gasteiger partial charge is 0.508 e. The minimum absolute atomic E-state index is 0.304. The molecule has 0 aliphatic heterocycles. The monoisotopic (exact) mass is 385 g/mol. The number of halogens is 1. The Kier molecular flexibility index (Phi) is 7.89. The number of pyridine rings is 1. The summed E-state index contributed by atoms with van der Waals surface area (Å²) in [6.45, 7) is 10.9. The molecule has 3 aromatic rings. The zero-order chi connectivity index (χ0) is 19.8. The number of phenols is 1. The molecule has 2 N–H and O–H groups in total. The highest BCUT2D eigenvalue weighted by Crippen LogP contribution is 2.29. The van der Waals surface area contributed by atoms with Gasteiger partial charge in [-0.1, -0.05) is 45.4 Å². The van der Waals surface area contributed by atoms with Crippen molar-refractivity contribution in [1.82, 2.24) is 9.88 Å². The van der Waals surface area contributed by atoms with E-state index in [1.165, 1.54) is 0 Å². The molecule has 0 spiro atoms. The summed E-state index contributed by atoms with van der Waals surface area (Å²) in [5.41, 5.74) is 3.53. The summed E-state index contributed by atoms with van der Waals surface area (Å²) in [4.78, 5) is 6.61. The summed E-state index contributed by atoms with van der Waals surface area (Å²) in [7, 11) is 0. The van der Waals surface area contributed by atoms with Gasteiger partial charge in [-0.3, -0.25) is 9.88 Å². The Bertz CT molecular complexity index is 879. The Morgan fingerprint density at radius 2 is 1.78 bits per heavy atom. The van der Waals surface area contributed by atoms with Crippen LogP contribution in [0.2, 0.25) is 5.02 Å². The lowest BCUT2D eigenvalue weighted by molar-refractivity contribution is 0.291. The summed E-state index contributed by atoms with van der Waals surface area (Å²) >= 11 is 6.04. The maximum atomic E-state index is 10.4. The average Bonchev–Trinajstić information content (AvgIpc) is 2.69. The van der Waals surface area contributed by atoms with Gasteiger partial charge in [-0.05, 0) is 43.4 Å². The molecule has 3 rings (SSSR count). The standard InChI is InChI=1S/C20H22ClN3O.C2H6/c1-3-24(4-2)13-14-5-7-16(12-20(14)25)23-18-9-10-22-19-11-15(21)6-8-17(18)19;1-2/h5-12,25H,3-4,13H2,1-2H3,(H,22,23);1-2H3. The van der Waals surface area contributed by atoms with Crippen molar-refractivity contribution < 1.29 is 5.11 Å². The lowest BCUT2D eigenvalue weighted by Crippen LogP contribution is -2.22. The van der Waals surface area contributed by atoms with Crippen molar-refractivity contribution in [3.05, 3.63) is 59.2 Å². The van der Waals surface area contributed by atoms with E-state index in [2.05, 4.69) is 29.0 Å². The van der Waals surface area contributed by atoms with Crippen LogP contribution in [0.3, 0.4) is 0 Å². The summed E-state index contributed by atoms with van der Waals surface area (Å²) < 4.78 is 0. The first-order chi connectivity index (χ1) is 13.1. The molecule has 1 heterocycles. The molecular formula is C22H28ClN3O. The van der Waals surface area contributed by atoms with E-state index in [0.717, 1.165) is 47.5 Å². The second kappa shape index (κ2) is 10.1. The third kappa shape index (κ3) is 5.34. The van der Waals surface area contributed by atoms with Crippen LogP contribution in [0.4, 0.5) is 11.4 Å². The number of aromatic nitrogens is 1. The number of hydrogen-bond donors (Lipinski definition) is 2. The van der Waals surface area contributed by atoms with Gasteiger partial charge in [0.25, 0.3) is 0 Å². The van der Waals surface area contributed by atoms with Gasteiger partial charge in [0.2, 0.25) is 0 Å². The van der Waals surface area contributed by atoms with Crippen molar-refractivity contribution in [3.63, 3.8) is 0 Å². The quantitative estimate of drug-likeness (QED) is 0.529. The van der Waals surface area contributed by atoms with E-state index in [-0.39, 0.29) is 0 Å². The van der Waals surface area contributed by atoms with Crippen LogP contribution in [0, 0.1) is 0 Å². The number of anilines is 2. The predicted octanol–water partition coefficient (Wildman–Crippen LogP) is 6.21. The average molecular weight is 386 g/mol. The minimum Gasteiger partial charge on any atom is -0.508 e. The van der Waals surface area contributed by atoms with Crippen LogP contribution >= 0.6 is 11.6 Å². The summed E-state index contributed by atoms with van der Waals surface area (Å²) in [6, 6.07) is 13.3. The number of nitrogens with one attached hydrogen (secondary N) is 1. The van der Waals surface area contributed by atoms with Gasteiger partial charge in [0.1, 0.15) is 5.75 Å². The van der Waals surface area contributed by atoms with E-state index >= 15 is 0 Å². The molecule has 2 aromatic carbocycles. The van der Waals surface area contributed by atoms with Crippen LogP contribution in [-0.4, -0.2) is 28.1 Å². The van der Waals surface area contributed by atoms with Crippen LogP contribution in [0.15, 0.2) is 48.7 Å². The first-order valence-corrected chi connectivity index (χ1v) is 9.84. The van der Waals surface area contributed by atoms with Crippen molar-refractivity contribution in [3.8, 4) is 5.75 Å². The molecule has 0 radical (unpaired) electrons. The smallest absolute Gasteiger partial charge is 0.122 e. The zero-order valence-corrected chi connectivity index (χ0v) is 17.2. The molecule has 5 heteroatoms. The fourth-order valence-corrected chi connectivity index (χ4v) is 3.02. The Hall–Kier alpha value is -2.30. The molecule has 144 valence electrons. The van der Waals surface area contributed by atoms with Gasteiger partial charge in [-0.25, -0.2) is 0 Å². The Balaban J connectivity index is 0.00000126. The van der Waals surface area contributed by atoms with Crippen molar-refractivity contribution in [2.45, 2.75) is 34.2 Å². The predicted molar refractivity (Wildman–Crippen MR) is 116 cm³/mol. The number of hydrogen-bond acceptors (Lipinski definition) is 4. The fourth-order valence-electron chi connectivity index (χ4n) is 2.85. The minimum atomic E-state index is 0.304. The number of phenolic OH excluding ortho intramolecular Hbond substituents is 1. The third-order valence-electron chi connectivity index (χ3n) is 4.36. The highest BCUT2D eigenvalue weighted by atomic mass is 35.5. The molecule has 0 saturated carbocycles. The molecule has 0 fully saturated rings. The van der Waals surface area contributed by atoms with Crippen LogP contribution < -0.4 is 5.32 Å². The van der Waals surface area contributed by atoms with E-state index < -0.39 is 0 Å². The number of aromatic hydroxyl groups is 1. The maximum absolute atomic E-state index is 10.4. The van der Waals surface area contributed by atoms with E-state index in [9.17, 15) is 5.11 Å². The molecule has 0 aliphatic rings. The van der Waals surface area contributed by atoms with Crippen LogP contribution in [-0.2, 0) is 6.54 Å². The molecule has 27 heavy (non-hydrogen) atoms. The van der Waals surface area contributed by atoms with Crippen LogP contribution in [0.5, 0.6) is 5.75 Å². The van der Waals surface area contributed by atoms with Gasteiger partial charge >= 0.3 is 0 Å². The molecular weight excluding hydrogens is 358 g/mol. The van der Waals surface area contributed by atoms with Gasteiger partial charge < -0.3 is 10.4 Å². The first-order valence-electron chi connectivity index (χ1n) is 9.46. The van der Waals surface area contributed by atoms with E-state index in [1.54, 1.807) is 12.3 Å². The lowest BCUT2D eigenvalue weighted by Gasteiger charge is -2.19. The van der Waals surface area contributed by atoms with Crippen LogP contribution in [0.25, 0.3) is 10.9 Å². The Morgan fingerprint density at radius 3 is 2.44 bits per heavy atom. The zero-order valence-electron chi connectivity index (χ0n) is 16.5. The first kappa shape index (κ1) is 21.0. The molecule has 4 nitrogen and oxygen atoms in total. The van der Waals surface area contributed by atoms with Crippen LogP contribution in [0.1, 0.15) is 33.3 Å². The Labute approximate surface area is 166 Å². The molecule has 0 aliphatic carbocycles. The highest BCUT2D eigenvalue weighted by Gasteiger charge is 2.08. The van der Waals surface area contributed by atoms with E-state index in [0.29, 0.717) is 10.8 Å². The molecule has 0 amide bonds. The molecule has 0 unspecified atom stereocenters. The van der Waals surface area contributed by atoms with Crippen molar-refractivity contribution >= 4 is 33.9 Å². The number of nitrogens with zero attached hydrogens (tertiary/aromatic N) is 2. The number of rotatable bonds is 6. The van der Waals surface area contributed by atoms with Gasteiger partial charge in [0.15, 0.2) is 0 Å². The van der Waals surface area contributed by atoms with Crippen molar-refractivity contribution in [2.75, 3.05) is 18.4 Å². The topological polar surface area (TPSA) is 48.4 Å². The third-order valence-corrected chi connectivity index (χ3v) is 4.59. The summed E-state index contributed by atoms with van der Waals surface area (Å²) in [5, 5.41) is 15.4. The molecule has 0 bridgehead atoms. The summed E-state index contributed by atoms with van der Waals surface area (Å²) in [6.07, 6.45) is 1.75. The lowest BCUT2D eigenvalue weighted by atomic mass is 10.1. The normalized spacial score (nSPS) is 10.6. The maximum Gasteiger partial charge on any atom is 0.122 e. The van der Waals surface area contributed by atoms with E-state index in [1.807, 2.05) is 50.2 Å².